The van der Waals surface area contributed by atoms with Gasteiger partial charge in [0.05, 0.1) is 10.7 Å². The molecule has 3 rings (SSSR count). The number of carbonyl (C=O) groups is 2. The number of nitrogens with one attached hydrogen (secondary N) is 2. The van der Waals surface area contributed by atoms with Crippen LogP contribution in [0.2, 0.25) is 10.0 Å². The second kappa shape index (κ2) is 11.0. The van der Waals surface area contributed by atoms with Gasteiger partial charge in [-0.1, -0.05) is 53.5 Å². The smallest absolute Gasteiger partial charge is 0.266 e. The molecule has 0 aliphatic heterocycles. The van der Waals surface area contributed by atoms with E-state index in [-0.39, 0.29) is 18.1 Å². The Hall–Kier alpha value is -3.79. The van der Waals surface area contributed by atoms with Crippen LogP contribution in [0.4, 0.5) is 11.4 Å². The predicted molar refractivity (Wildman–Crippen MR) is 126 cm³/mol. The van der Waals surface area contributed by atoms with Gasteiger partial charge in [-0.3, -0.25) is 9.59 Å². The minimum absolute atomic E-state index is 0.0985. The van der Waals surface area contributed by atoms with Crippen molar-refractivity contribution in [2.75, 3.05) is 17.2 Å². The molecule has 32 heavy (non-hydrogen) atoms. The summed E-state index contributed by atoms with van der Waals surface area (Å²) in [5.41, 5.74) is 1.43. The Labute approximate surface area is 195 Å². The maximum Gasteiger partial charge on any atom is 0.266 e. The molecule has 0 atom stereocenters. The lowest BCUT2D eigenvalue weighted by Crippen LogP contribution is -2.20. The Bertz CT molecular complexity index is 1220. The zero-order chi connectivity index (χ0) is 22.9. The van der Waals surface area contributed by atoms with E-state index in [4.69, 9.17) is 27.9 Å². The highest BCUT2D eigenvalue weighted by Gasteiger charge is 2.11. The summed E-state index contributed by atoms with van der Waals surface area (Å²) < 4.78 is 5.52. The third kappa shape index (κ3) is 6.61. The summed E-state index contributed by atoms with van der Waals surface area (Å²) in [6, 6.07) is 22.1. The average molecular weight is 466 g/mol. The van der Waals surface area contributed by atoms with E-state index in [1.807, 2.05) is 6.07 Å². The summed E-state index contributed by atoms with van der Waals surface area (Å²) in [5.74, 6) is -0.543. The molecule has 6 nitrogen and oxygen atoms in total. The SMILES string of the molecule is N#C/C(=C/c1cccc(OCC(=O)Nc2ccccc2Cl)c1)C(=O)Nc1cccc(Cl)c1. The molecule has 0 fully saturated rings. The van der Waals surface area contributed by atoms with Crippen molar-refractivity contribution in [3.8, 4) is 11.8 Å². The van der Waals surface area contributed by atoms with Crippen molar-refractivity contribution < 1.29 is 14.3 Å². The number of anilines is 2. The summed E-state index contributed by atoms with van der Waals surface area (Å²) >= 11 is 11.9. The topological polar surface area (TPSA) is 91.2 Å². The molecule has 0 saturated carbocycles. The maximum atomic E-state index is 12.4. The van der Waals surface area contributed by atoms with Crippen LogP contribution in [0.5, 0.6) is 5.75 Å². The number of ether oxygens (including phenoxy) is 1. The number of benzene rings is 3. The highest BCUT2D eigenvalue weighted by molar-refractivity contribution is 6.33. The standard InChI is InChI=1S/C24H17Cl2N3O3/c25-18-6-4-7-19(13-18)28-24(31)17(14-27)11-16-5-3-8-20(12-16)32-15-23(30)29-22-10-2-1-9-21(22)26/h1-13H,15H2,(H,28,31)(H,29,30)/b17-11-. The van der Waals surface area contributed by atoms with E-state index < -0.39 is 5.91 Å². The molecule has 0 spiro atoms. The first-order chi connectivity index (χ1) is 15.4. The van der Waals surface area contributed by atoms with Gasteiger partial charge in [-0.2, -0.15) is 5.26 Å². The third-order valence-electron chi connectivity index (χ3n) is 4.13. The van der Waals surface area contributed by atoms with E-state index in [0.717, 1.165) is 0 Å². The molecule has 0 unspecified atom stereocenters. The Morgan fingerprint density at radius 3 is 2.50 bits per heavy atom. The maximum absolute atomic E-state index is 12.4. The van der Waals surface area contributed by atoms with Gasteiger partial charge in [-0.25, -0.2) is 0 Å². The second-order valence-corrected chi connectivity index (χ2v) is 7.37. The fourth-order valence-corrected chi connectivity index (χ4v) is 3.05. The van der Waals surface area contributed by atoms with Crippen molar-refractivity contribution in [1.29, 1.82) is 5.26 Å². The van der Waals surface area contributed by atoms with Crippen molar-refractivity contribution in [3.05, 3.63) is 94.0 Å². The minimum atomic E-state index is -0.569. The van der Waals surface area contributed by atoms with Crippen LogP contribution in [0.25, 0.3) is 6.08 Å². The Balaban J connectivity index is 1.64. The fraction of sp³-hybridized carbons (Fsp3) is 0.0417. The molecule has 2 N–H and O–H groups in total. The number of para-hydroxylation sites is 1. The average Bonchev–Trinajstić information content (AvgIpc) is 2.78. The van der Waals surface area contributed by atoms with Gasteiger partial charge < -0.3 is 15.4 Å². The summed E-state index contributed by atoms with van der Waals surface area (Å²) in [7, 11) is 0. The summed E-state index contributed by atoms with van der Waals surface area (Å²) in [5, 5.41) is 15.6. The monoisotopic (exact) mass is 465 g/mol. The van der Waals surface area contributed by atoms with E-state index in [2.05, 4.69) is 10.6 Å². The van der Waals surface area contributed by atoms with Crippen LogP contribution in [-0.2, 0) is 9.59 Å². The van der Waals surface area contributed by atoms with Crippen LogP contribution >= 0.6 is 23.2 Å². The Morgan fingerprint density at radius 2 is 1.75 bits per heavy atom. The van der Waals surface area contributed by atoms with Crippen LogP contribution in [0.3, 0.4) is 0 Å². The highest BCUT2D eigenvalue weighted by Crippen LogP contribution is 2.21. The van der Waals surface area contributed by atoms with Gasteiger partial charge in [0.1, 0.15) is 17.4 Å². The van der Waals surface area contributed by atoms with E-state index in [1.165, 1.54) is 6.08 Å². The van der Waals surface area contributed by atoms with Gasteiger partial charge in [0.15, 0.2) is 6.61 Å². The lowest BCUT2D eigenvalue weighted by Gasteiger charge is -2.09. The van der Waals surface area contributed by atoms with Gasteiger partial charge in [0, 0.05) is 10.7 Å². The first-order valence-electron chi connectivity index (χ1n) is 9.40. The molecular formula is C24H17Cl2N3O3. The normalized spacial score (nSPS) is 10.7. The van der Waals surface area contributed by atoms with Crippen LogP contribution in [0.1, 0.15) is 5.56 Å². The number of amides is 2. The molecule has 0 aromatic heterocycles. The number of rotatable bonds is 7. The molecule has 0 heterocycles. The fourth-order valence-electron chi connectivity index (χ4n) is 2.67. The van der Waals surface area contributed by atoms with Crippen LogP contribution in [-0.4, -0.2) is 18.4 Å². The Morgan fingerprint density at radius 1 is 0.969 bits per heavy atom. The van der Waals surface area contributed by atoms with Gasteiger partial charge in [0.2, 0.25) is 0 Å². The quantitative estimate of drug-likeness (QED) is 0.353. The minimum Gasteiger partial charge on any atom is -0.484 e. The third-order valence-corrected chi connectivity index (χ3v) is 4.70. The molecule has 0 aliphatic carbocycles. The molecule has 2 amide bonds. The first-order valence-corrected chi connectivity index (χ1v) is 10.2. The van der Waals surface area contributed by atoms with Gasteiger partial charge in [-0.05, 0) is 54.1 Å². The van der Waals surface area contributed by atoms with Gasteiger partial charge in [0.25, 0.3) is 11.8 Å². The van der Waals surface area contributed by atoms with Crippen molar-refractivity contribution in [2.24, 2.45) is 0 Å². The number of nitrogens with zero attached hydrogens (tertiary/aromatic N) is 1. The van der Waals surface area contributed by atoms with Crippen LogP contribution in [0, 0.1) is 11.3 Å². The molecule has 0 aliphatic rings. The van der Waals surface area contributed by atoms with Gasteiger partial charge >= 0.3 is 0 Å². The molecule has 8 heteroatoms. The zero-order valence-corrected chi connectivity index (χ0v) is 18.2. The lowest BCUT2D eigenvalue weighted by atomic mass is 10.1. The number of hydrogen-bond donors (Lipinski definition) is 2. The molecule has 0 saturated heterocycles. The van der Waals surface area contributed by atoms with E-state index >= 15 is 0 Å². The van der Waals surface area contributed by atoms with E-state index in [0.29, 0.717) is 32.7 Å². The largest absolute Gasteiger partial charge is 0.484 e. The Kier molecular flexibility index (Phi) is 7.87. The summed E-state index contributed by atoms with van der Waals surface area (Å²) in [6.07, 6.45) is 1.43. The highest BCUT2D eigenvalue weighted by atomic mass is 35.5. The van der Waals surface area contributed by atoms with Gasteiger partial charge in [-0.15, -0.1) is 0 Å². The number of nitriles is 1. The summed E-state index contributed by atoms with van der Waals surface area (Å²) in [6.45, 7) is -0.237. The molecule has 0 bridgehead atoms. The van der Waals surface area contributed by atoms with Crippen LogP contribution in [0.15, 0.2) is 78.4 Å². The number of halogens is 2. The number of hydrogen-bond acceptors (Lipinski definition) is 4. The van der Waals surface area contributed by atoms with Crippen molar-refractivity contribution in [1.82, 2.24) is 0 Å². The van der Waals surface area contributed by atoms with E-state index in [9.17, 15) is 14.9 Å². The van der Waals surface area contributed by atoms with E-state index in [1.54, 1.807) is 72.8 Å². The second-order valence-electron chi connectivity index (χ2n) is 6.52. The summed E-state index contributed by atoms with van der Waals surface area (Å²) in [4.78, 5) is 24.5. The molecule has 3 aromatic rings. The van der Waals surface area contributed by atoms with Crippen LogP contribution < -0.4 is 15.4 Å². The molecule has 3 aromatic carbocycles. The molecule has 0 radical (unpaired) electrons. The lowest BCUT2D eigenvalue weighted by molar-refractivity contribution is -0.118. The van der Waals surface area contributed by atoms with Crippen molar-refractivity contribution >= 4 is 52.5 Å². The predicted octanol–water partition coefficient (Wildman–Crippen LogP) is 5.56. The van der Waals surface area contributed by atoms with Crippen molar-refractivity contribution in [3.63, 3.8) is 0 Å². The molecular weight excluding hydrogens is 449 g/mol. The zero-order valence-electron chi connectivity index (χ0n) is 16.6. The number of carbonyl (C=O) groups excluding carboxylic acids is 2. The first kappa shape index (κ1) is 22.9. The van der Waals surface area contributed by atoms with Crippen molar-refractivity contribution in [2.45, 2.75) is 0 Å². The molecule has 160 valence electrons.